The predicted molar refractivity (Wildman–Crippen MR) is 73.0 cm³/mol. The molecule has 1 unspecified atom stereocenters. The molecule has 1 fully saturated rings. The van der Waals surface area contributed by atoms with Gasteiger partial charge in [0.25, 0.3) is 10.2 Å². The molecule has 0 aromatic heterocycles. The van der Waals surface area contributed by atoms with Crippen LogP contribution in [0.15, 0.2) is 0 Å². The van der Waals surface area contributed by atoms with Crippen molar-refractivity contribution in [3.05, 3.63) is 0 Å². The quantitative estimate of drug-likeness (QED) is 0.815. The van der Waals surface area contributed by atoms with Crippen molar-refractivity contribution < 1.29 is 18.3 Å². The summed E-state index contributed by atoms with van der Waals surface area (Å²) in [6.07, 6.45) is 2.64. The largest absolute Gasteiger partial charge is 0.480 e. The molecule has 0 aromatic carbocycles. The third-order valence-electron chi connectivity index (χ3n) is 3.43. The first kappa shape index (κ1) is 16.4. The molecular weight excluding hydrogens is 268 g/mol. The van der Waals surface area contributed by atoms with Crippen LogP contribution in [-0.2, 0) is 15.0 Å². The summed E-state index contributed by atoms with van der Waals surface area (Å²) >= 11 is 0. The molecule has 0 radical (unpaired) electrons. The van der Waals surface area contributed by atoms with Gasteiger partial charge in [0, 0.05) is 12.6 Å². The normalized spacial score (nSPS) is 24.1. The van der Waals surface area contributed by atoms with Crippen molar-refractivity contribution >= 4 is 16.2 Å². The number of nitrogens with one attached hydrogen (secondary N) is 1. The van der Waals surface area contributed by atoms with Gasteiger partial charge in [-0.05, 0) is 25.2 Å². The first-order valence-electron chi connectivity index (χ1n) is 6.57. The van der Waals surface area contributed by atoms with E-state index in [4.69, 9.17) is 0 Å². The molecule has 0 aliphatic carbocycles. The predicted octanol–water partition coefficient (Wildman–Crippen LogP) is 1.19. The molecular formula is C12H24N2O4S. The smallest absolute Gasteiger partial charge is 0.322 e. The van der Waals surface area contributed by atoms with Gasteiger partial charge in [-0.2, -0.15) is 17.4 Å². The van der Waals surface area contributed by atoms with E-state index >= 15 is 0 Å². The summed E-state index contributed by atoms with van der Waals surface area (Å²) in [5.41, 5.74) is -0.683. The van der Waals surface area contributed by atoms with Gasteiger partial charge in [0.2, 0.25) is 0 Å². The van der Waals surface area contributed by atoms with Crippen molar-refractivity contribution in [2.24, 2.45) is 5.41 Å². The van der Waals surface area contributed by atoms with Crippen LogP contribution in [0.2, 0.25) is 0 Å². The number of carboxylic acid groups (broad SMARTS) is 1. The molecule has 1 saturated heterocycles. The van der Waals surface area contributed by atoms with Crippen molar-refractivity contribution in [1.82, 2.24) is 9.03 Å². The van der Waals surface area contributed by atoms with Crippen LogP contribution in [0.1, 0.15) is 47.0 Å². The fourth-order valence-corrected chi connectivity index (χ4v) is 4.08. The van der Waals surface area contributed by atoms with E-state index in [1.165, 1.54) is 4.31 Å². The number of piperidine rings is 1. The van der Waals surface area contributed by atoms with Crippen LogP contribution in [0.3, 0.4) is 0 Å². The zero-order valence-corrected chi connectivity index (χ0v) is 12.8. The Labute approximate surface area is 115 Å². The SMILES string of the molecule is CC1CCCCN1S(=O)(=O)N[C@H](C(=O)O)C(C)(C)C. The Balaban J connectivity index is 2.91. The van der Waals surface area contributed by atoms with Gasteiger partial charge < -0.3 is 5.11 Å². The minimum atomic E-state index is -3.76. The minimum Gasteiger partial charge on any atom is -0.480 e. The second-order valence-corrected chi connectivity index (χ2v) is 7.87. The maximum Gasteiger partial charge on any atom is 0.322 e. The molecule has 1 aliphatic rings. The number of carbonyl (C=O) groups is 1. The van der Waals surface area contributed by atoms with Crippen LogP contribution in [0.25, 0.3) is 0 Å². The second kappa shape index (κ2) is 5.76. The molecule has 19 heavy (non-hydrogen) atoms. The maximum atomic E-state index is 12.3. The standard InChI is InChI=1S/C12H24N2O4S/c1-9-7-5-6-8-14(9)19(17,18)13-10(11(15)16)12(2,3)4/h9-10,13H,5-8H2,1-4H3,(H,15,16)/t9?,10-/m1/s1. The molecule has 0 spiro atoms. The van der Waals surface area contributed by atoms with Crippen LogP contribution in [0.5, 0.6) is 0 Å². The van der Waals surface area contributed by atoms with Gasteiger partial charge in [0.1, 0.15) is 6.04 Å². The summed E-state index contributed by atoms with van der Waals surface area (Å²) in [6, 6.07) is -1.22. The molecule has 0 aromatic rings. The fourth-order valence-electron chi connectivity index (χ4n) is 2.24. The first-order chi connectivity index (χ1) is 8.55. The maximum absolute atomic E-state index is 12.3. The zero-order chi connectivity index (χ0) is 14.8. The Bertz CT molecular complexity index is 428. The van der Waals surface area contributed by atoms with Crippen LogP contribution >= 0.6 is 0 Å². The van der Waals surface area contributed by atoms with E-state index in [0.717, 1.165) is 19.3 Å². The van der Waals surface area contributed by atoms with E-state index in [2.05, 4.69) is 4.72 Å². The molecule has 7 heteroatoms. The lowest BCUT2D eigenvalue weighted by molar-refractivity contribution is -0.141. The molecule has 0 amide bonds. The van der Waals surface area contributed by atoms with Crippen LogP contribution in [0.4, 0.5) is 0 Å². The molecule has 112 valence electrons. The third-order valence-corrected chi connectivity index (χ3v) is 5.12. The molecule has 1 heterocycles. The average Bonchev–Trinajstić information content (AvgIpc) is 2.24. The van der Waals surface area contributed by atoms with E-state index in [1.807, 2.05) is 6.92 Å². The summed E-state index contributed by atoms with van der Waals surface area (Å²) in [6.45, 7) is 7.41. The Morgan fingerprint density at radius 3 is 2.37 bits per heavy atom. The Morgan fingerprint density at radius 2 is 1.95 bits per heavy atom. The topological polar surface area (TPSA) is 86.7 Å². The molecule has 2 N–H and O–H groups in total. The van der Waals surface area contributed by atoms with Crippen molar-refractivity contribution in [3.8, 4) is 0 Å². The Morgan fingerprint density at radius 1 is 1.37 bits per heavy atom. The van der Waals surface area contributed by atoms with E-state index in [0.29, 0.717) is 6.54 Å². The summed E-state index contributed by atoms with van der Waals surface area (Å²) in [5.74, 6) is -1.15. The minimum absolute atomic E-state index is 0.0827. The molecule has 1 rings (SSSR count). The van der Waals surface area contributed by atoms with Gasteiger partial charge >= 0.3 is 5.97 Å². The van der Waals surface area contributed by atoms with Crippen molar-refractivity contribution in [3.63, 3.8) is 0 Å². The second-order valence-electron chi connectivity index (χ2n) is 6.22. The van der Waals surface area contributed by atoms with Gasteiger partial charge in [0.05, 0.1) is 0 Å². The van der Waals surface area contributed by atoms with E-state index in [-0.39, 0.29) is 6.04 Å². The van der Waals surface area contributed by atoms with Crippen molar-refractivity contribution in [2.75, 3.05) is 6.54 Å². The molecule has 1 aliphatic heterocycles. The van der Waals surface area contributed by atoms with Gasteiger partial charge in [-0.3, -0.25) is 4.79 Å². The lowest BCUT2D eigenvalue weighted by Gasteiger charge is -2.35. The highest BCUT2D eigenvalue weighted by atomic mass is 32.2. The van der Waals surface area contributed by atoms with Crippen LogP contribution in [0, 0.1) is 5.41 Å². The number of nitrogens with zero attached hydrogens (tertiary/aromatic N) is 1. The van der Waals surface area contributed by atoms with Crippen LogP contribution < -0.4 is 4.72 Å². The number of aliphatic carboxylic acids is 1. The summed E-state index contributed by atoms with van der Waals surface area (Å²) in [5, 5.41) is 9.19. The molecule has 2 atom stereocenters. The number of hydrogen-bond acceptors (Lipinski definition) is 3. The number of hydrogen-bond donors (Lipinski definition) is 2. The summed E-state index contributed by atoms with van der Waals surface area (Å²) in [4.78, 5) is 11.2. The highest BCUT2D eigenvalue weighted by Crippen LogP contribution is 2.23. The monoisotopic (exact) mass is 292 g/mol. The highest BCUT2D eigenvalue weighted by Gasteiger charge is 2.38. The lowest BCUT2D eigenvalue weighted by atomic mass is 9.88. The molecule has 6 nitrogen and oxygen atoms in total. The average molecular weight is 292 g/mol. The summed E-state index contributed by atoms with van der Waals surface area (Å²) < 4.78 is 28.3. The Kier molecular flexibility index (Phi) is 4.97. The molecule has 0 saturated carbocycles. The van der Waals surface area contributed by atoms with Crippen molar-refractivity contribution in [2.45, 2.75) is 59.0 Å². The number of carboxylic acids is 1. The highest BCUT2D eigenvalue weighted by molar-refractivity contribution is 7.87. The van der Waals surface area contributed by atoms with E-state index < -0.39 is 27.6 Å². The lowest BCUT2D eigenvalue weighted by Crippen LogP contribution is -2.56. The van der Waals surface area contributed by atoms with Gasteiger partial charge in [-0.15, -0.1) is 0 Å². The van der Waals surface area contributed by atoms with Crippen LogP contribution in [-0.4, -0.2) is 42.4 Å². The molecule has 0 bridgehead atoms. The van der Waals surface area contributed by atoms with Gasteiger partial charge in [0.15, 0.2) is 0 Å². The van der Waals surface area contributed by atoms with E-state index in [1.54, 1.807) is 20.8 Å². The Hall–Kier alpha value is -0.660. The zero-order valence-electron chi connectivity index (χ0n) is 12.0. The van der Waals surface area contributed by atoms with E-state index in [9.17, 15) is 18.3 Å². The fraction of sp³-hybridized carbons (Fsp3) is 0.917. The van der Waals surface area contributed by atoms with Crippen molar-refractivity contribution in [1.29, 1.82) is 0 Å². The van der Waals surface area contributed by atoms with Gasteiger partial charge in [-0.1, -0.05) is 27.2 Å². The number of rotatable bonds is 4. The first-order valence-corrected chi connectivity index (χ1v) is 8.01. The van der Waals surface area contributed by atoms with Gasteiger partial charge in [-0.25, -0.2) is 0 Å². The third kappa shape index (κ3) is 4.15. The summed E-state index contributed by atoms with van der Waals surface area (Å²) in [7, 11) is -3.76.